The van der Waals surface area contributed by atoms with Crippen molar-refractivity contribution < 1.29 is 9.47 Å². The second kappa shape index (κ2) is 8.14. The maximum absolute atomic E-state index is 5.19. The van der Waals surface area contributed by atoms with Crippen molar-refractivity contribution in [1.29, 1.82) is 0 Å². The molecule has 3 nitrogen and oxygen atoms in total. The Balaban J connectivity index is 2.32. The Morgan fingerprint density at radius 2 is 2.29 bits per heavy atom. The Labute approximate surface area is 111 Å². The van der Waals surface area contributed by atoms with Crippen molar-refractivity contribution >= 4 is 15.9 Å². The average molecular weight is 300 g/mol. The van der Waals surface area contributed by atoms with Crippen LogP contribution in [-0.2, 0) is 11.3 Å². The molecular formula is C13H18BrNO2. The summed E-state index contributed by atoms with van der Waals surface area (Å²) in [6.07, 6.45) is 2.44. The van der Waals surface area contributed by atoms with Crippen LogP contribution in [-0.4, -0.2) is 20.3 Å². The van der Waals surface area contributed by atoms with Gasteiger partial charge in [-0.1, -0.05) is 22.5 Å². The number of hydrogen-bond donors (Lipinski definition) is 1. The van der Waals surface area contributed by atoms with Crippen molar-refractivity contribution in [1.82, 2.24) is 5.32 Å². The zero-order chi connectivity index (χ0) is 12.5. The molecule has 0 radical (unpaired) electrons. The van der Waals surface area contributed by atoms with Crippen molar-refractivity contribution in [3.05, 3.63) is 41.1 Å². The van der Waals surface area contributed by atoms with Gasteiger partial charge in [0, 0.05) is 11.0 Å². The topological polar surface area (TPSA) is 30.5 Å². The molecule has 0 heterocycles. The van der Waals surface area contributed by atoms with E-state index >= 15 is 0 Å². The van der Waals surface area contributed by atoms with Crippen LogP contribution in [0, 0.1) is 0 Å². The van der Waals surface area contributed by atoms with Crippen molar-refractivity contribution in [2.75, 3.05) is 20.3 Å². The van der Waals surface area contributed by atoms with Crippen LogP contribution in [0.1, 0.15) is 12.0 Å². The molecule has 1 aromatic carbocycles. The van der Waals surface area contributed by atoms with Crippen LogP contribution in [0.3, 0.4) is 0 Å². The quantitative estimate of drug-likeness (QED) is 0.591. The fourth-order valence-corrected chi connectivity index (χ4v) is 1.79. The smallest absolute Gasteiger partial charge is 0.119 e. The number of hydrogen-bond acceptors (Lipinski definition) is 3. The molecule has 0 saturated heterocycles. The number of rotatable bonds is 8. The molecule has 0 aliphatic carbocycles. The summed E-state index contributed by atoms with van der Waals surface area (Å²) in [6, 6.07) is 5.96. The third-order valence-corrected chi connectivity index (χ3v) is 3.08. The Morgan fingerprint density at radius 1 is 1.47 bits per heavy atom. The van der Waals surface area contributed by atoms with Crippen LogP contribution in [0.15, 0.2) is 35.5 Å². The van der Waals surface area contributed by atoms with Crippen LogP contribution in [0.2, 0.25) is 0 Å². The van der Waals surface area contributed by atoms with E-state index < -0.39 is 0 Å². The molecule has 17 heavy (non-hydrogen) atoms. The molecule has 1 aromatic rings. The highest BCUT2D eigenvalue weighted by Gasteiger charge is 2.01. The van der Waals surface area contributed by atoms with Gasteiger partial charge in [0.1, 0.15) is 5.75 Å². The molecule has 0 saturated carbocycles. The highest BCUT2D eigenvalue weighted by molar-refractivity contribution is 9.10. The normalized spacial score (nSPS) is 10.0. The molecule has 4 heteroatoms. The minimum absolute atomic E-state index is 0.704. The zero-order valence-electron chi connectivity index (χ0n) is 10.0. The summed E-state index contributed by atoms with van der Waals surface area (Å²) in [4.78, 5) is 0. The highest BCUT2D eigenvalue weighted by Crippen LogP contribution is 2.22. The number of ether oxygens (including phenoxy) is 2. The van der Waals surface area contributed by atoms with Gasteiger partial charge in [0.15, 0.2) is 0 Å². The van der Waals surface area contributed by atoms with E-state index in [9.17, 15) is 0 Å². The number of benzene rings is 1. The molecule has 0 fully saturated rings. The van der Waals surface area contributed by atoms with Gasteiger partial charge in [0.05, 0.1) is 20.0 Å². The molecule has 0 aliphatic rings. The second-order valence-corrected chi connectivity index (χ2v) is 4.38. The molecule has 0 unspecified atom stereocenters. The Bertz CT molecular complexity index is 355. The van der Waals surface area contributed by atoms with E-state index in [1.807, 2.05) is 18.2 Å². The van der Waals surface area contributed by atoms with Crippen LogP contribution in [0.5, 0.6) is 5.75 Å². The fourth-order valence-electron chi connectivity index (χ4n) is 1.40. The fraction of sp³-hybridized carbons (Fsp3) is 0.385. The first-order valence-electron chi connectivity index (χ1n) is 5.53. The summed E-state index contributed by atoms with van der Waals surface area (Å²) in [6.45, 7) is 5.92. The molecule has 1 N–H and O–H groups in total. The summed E-state index contributed by atoms with van der Waals surface area (Å²) in [7, 11) is 1.67. The summed E-state index contributed by atoms with van der Waals surface area (Å²) in [5.74, 6) is 0.875. The van der Waals surface area contributed by atoms with Gasteiger partial charge < -0.3 is 14.8 Å². The maximum atomic E-state index is 5.19. The van der Waals surface area contributed by atoms with Gasteiger partial charge >= 0.3 is 0 Å². The van der Waals surface area contributed by atoms with Crippen molar-refractivity contribution in [2.24, 2.45) is 0 Å². The van der Waals surface area contributed by atoms with E-state index in [4.69, 9.17) is 9.47 Å². The largest absolute Gasteiger partial charge is 0.502 e. The first-order chi connectivity index (χ1) is 8.27. The molecule has 0 bridgehead atoms. The van der Waals surface area contributed by atoms with Crippen LogP contribution >= 0.6 is 15.9 Å². The lowest BCUT2D eigenvalue weighted by atomic mass is 10.2. The van der Waals surface area contributed by atoms with Crippen LogP contribution in [0.25, 0.3) is 0 Å². The van der Waals surface area contributed by atoms with Gasteiger partial charge in [0.25, 0.3) is 0 Å². The number of methoxy groups -OCH3 is 1. The highest BCUT2D eigenvalue weighted by atomic mass is 79.9. The van der Waals surface area contributed by atoms with Gasteiger partial charge in [-0.2, -0.15) is 0 Å². The van der Waals surface area contributed by atoms with Crippen LogP contribution < -0.4 is 10.1 Å². The number of halogens is 1. The number of nitrogens with one attached hydrogen (secondary N) is 1. The predicted molar refractivity (Wildman–Crippen MR) is 73.2 cm³/mol. The Kier molecular flexibility index (Phi) is 6.74. The average Bonchev–Trinajstić information content (AvgIpc) is 2.35. The summed E-state index contributed by atoms with van der Waals surface area (Å²) < 4.78 is 11.3. The Morgan fingerprint density at radius 3 is 3.00 bits per heavy atom. The van der Waals surface area contributed by atoms with Gasteiger partial charge in [-0.3, -0.25) is 0 Å². The monoisotopic (exact) mass is 299 g/mol. The lowest BCUT2D eigenvalue weighted by molar-refractivity contribution is 0.244. The van der Waals surface area contributed by atoms with E-state index in [1.165, 1.54) is 11.8 Å². The molecular weight excluding hydrogens is 282 g/mol. The minimum atomic E-state index is 0.704. The van der Waals surface area contributed by atoms with E-state index in [0.717, 1.165) is 29.7 Å². The molecule has 1 rings (SSSR count). The van der Waals surface area contributed by atoms with Gasteiger partial charge in [-0.15, -0.1) is 0 Å². The first-order valence-corrected chi connectivity index (χ1v) is 6.33. The standard InChI is InChI=1S/C13H18BrNO2/c1-3-17-8-4-7-15-10-11-9-12(16-2)5-6-13(11)14/h3,5-6,9,15H,1,4,7-8,10H2,2H3. The molecule has 94 valence electrons. The predicted octanol–water partition coefficient (Wildman–Crippen LogP) is 3.10. The second-order valence-electron chi connectivity index (χ2n) is 3.53. The van der Waals surface area contributed by atoms with Crippen LogP contribution in [0.4, 0.5) is 0 Å². The lowest BCUT2D eigenvalue weighted by Gasteiger charge is -2.08. The summed E-state index contributed by atoms with van der Waals surface area (Å²) >= 11 is 3.52. The van der Waals surface area contributed by atoms with Gasteiger partial charge in [0.2, 0.25) is 0 Å². The zero-order valence-corrected chi connectivity index (χ0v) is 11.6. The SMILES string of the molecule is C=COCCCNCc1cc(OC)ccc1Br. The van der Waals surface area contributed by atoms with E-state index in [2.05, 4.69) is 27.8 Å². The lowest BCUT2D eigenvalue weighted by Crippen LogP contribution is -2.16. The van der Waals surface area contributed by atoms with E-state index in [-0.39, 0.29) is 0 Å². The van der Waals surface area contributed by atoms with E-state index in [1.54, 1.807) is 7.11 Å². The van der Waals surface area contributed by atoms with Gasteiger partial charge in [-0.05, 0) is 36.7 Å². The molecule has 0 aromatic heterocycles. The molecule has 0 amide bonds. The van der Waals surface area contributed by atoms with Gasteiger partial charge in [-0.25, -0.2) is 0 Å². The summed E-state index contributed by atoms with van der Waals surface area (Å²) in [5, 5.41) is 3.35. The van der Waals surface area contributed by atoms with Crippen molar-refractivity contribution in [3.8, 4) is 5.75 Å². The molecule has 0 spiro atoms. The third-order valence-electron chi connectivity index (χ3n) is 2.30. The Hall–Kier alpha value is -1.00. The third kappa shape index (κ3) is 5.24. The molecule has 0 aliphatic heterocycles. The van der Waals surface area contributed by atoms with Crippen molar-refractivity contribution in [3.63, 3.8) is 0 Å². The minimum Gasteiger partial charge on any atom is -0.502 e. The van der Waals surface area contributed by atoms with Crippen molar-refractivity contribution in [2.45, 2.75) is 13.0 Å². The first kappa shape index (κ1) is 14.1. The maximum Gasteiger partial charge on any atom is 0.119 e. The summed E-state index contributed by atoms with van der Waals surface area (Å²) in [5.41, 5.74) is 1.19. The molecule has 0 atom stereocenters. The van der Waals surface area contributed by atoms with E-state index in [0.29, 0.717) is 6.61 Å².